The Morgan fingerprint density at radius 1 is 1.40 bits per heavy atom. The van der Waals surface area contributed by atoms with Crippen molar-refractivity contribution in [2.75, 3.05) is 12.4 Å². The first kappa shape index (κ1) is 10.9. The molecule has 1 aliphatic heterocycles. The second-order valence-corrected chi connectivity index (χ2v) is 4.89. The lowest BCUT2D eigenvalue weighted by atomic mass is 10.1. The zero-order chi connectivity index (χ0) is 10.7. The molecule has 2 rings (SSSR count). The third kappa shape index (κ3) is 2.49. The number of aromatic nitrogens is 2. The highest BCUT2D eigenvalue weighted by atomic mass is 32.2. The van der Waals surface area contributed by atoms with Gasteiger partial charge in [0.15, 0.2) is 0 Å². The van der Waals surface area contributed by atoms with Gasteiger partial charge in [-0.05, 0) is 31.1 Å². The Bertz CT molecular complexity index is 355. The van der Waals surface area contributed by atoms with Gasteiger partial charge in [0.25, 0.3) is 0 Å². The third-order valence-electron chi connectivity index (χ3n) is 2.64. The van der Waals surface area contributed by atoms with Crippen LogP contribution in [0.5, 0.6) is 0 Å². The molecule has 82 valence electrons. The van der Waals surface area contributed by atoms with Crippen LogP contribution in [0.25, 0.3) is 0 Å². The molecule has 0 saturated heterocycles. The number of rotatable bonds is 3. The van der Waals surface area contributed by atoms with E-state index in [-0.39, 0.29) is 6.61 Å². The zero-order valence-electron chi connectivity index (χ0n) is 8.99. The summed E-state index contributed by atoms with van der Waals surface area (Å²) in [5.41, 5.74) is 3.70. The molecule has 0 spiro atoms. The van der Waals surface area contributed by atoms with Crippen LogP contribution < -0.4 is 0 Å². The van der Waals surface area contributed by atoms with Crippen molar-refractivity contribution < 1.29 is 5.11 Å². The van der Waals surface area contributed by atoms with Crippen LogP contribution in [0.15, 0.2) is 0 Å². The summed E-state index contributed by atoms with van der Waals surface area (Å²) in [4.78, 5) is 9.06. The molecule has 0 unspecified atom stereocenters. The Labute approximate surface area is 94.3 Å². The Morgan fingerprint density at radius 3 is 3.07 bits per heavy atom. The highest BCUT2D eigenvalue weighted by Crippen LogP contribution is 2.24. The summed E-state index contributed by atoms with van der Waals surface area (Å²) in [5.74, 6) is 3.10. The maximum absolute atomic E-state index is 8.78. The summed E-state index contributed by atoms with van der Waals surface area (Å²) < 4.78 is 0. The molecule has 1 aliphatic rings. The van der Waals surface area contributed by atoms with Crippen molar-refractivity contribution in [3.63, 3.8) is 0 Å². The number of hydrogen-bond acceptors (Lipinski definition) is 4. The fourth-order valence-corrected chi connectivity index (χ4v) is 2.78. The number of hydrogen-bond donors (Lipinski definition) is 1. The van der Waals surface area contributed by atoms with Crippen LogP contribution in [0.3, 0.4) is 0 Å². The van der Waals surface area contributed by atoms with Gasteiger partial charge in [0, 0.05) is 24.5 Å². The first-order valence-electron chi connectivity index (χ1n) is 5.35. The highest BCUT2D eigenvalue weighted by Gasteiger charge is 2.15. The fourth-order valence-electron chi connectivity index (χ4n) is 1.85. The molecule has 0 aromatic carbocycles. The lowest BCUT2D eigenvalue weighted by Gasteiger charge is -2.17. The van der Waals surface area contributed by atoms with Crippen molar-refractivity contribution in [2.24, 2.45) is 0 Å². The standard InChI is InChI=1S/C11H16N2OS/c1-8-9-4-6-15-7-10(9)13-11(12-8)3-2-5-14/h14H,2-7H2,1H3. The quantitative estimate of drug-likeness (QED) is 0.845. The molecule has 4 heteroatoms. The molecule has 3 nitrogen and oxygen atoms in total. The molecule has 0 fully saturated rings. The molecule has 2 heterocycles. The third-order valence-corrected chi connectivity index (χ3v) is 3.61. The molecular formula is C11H16N2OS. The number of aliphatic hydroxyl groups is 1. The molecule has 0 atom stereocenters. The lowest BCUT2D eigenvalue weighted by molar-refractivity contribution is 0.287. The summed E-state index contributed by atoms with van der Waals surface area (Å²) in [7, 11) is 0. The molecule has 0 aliphatic carbocycles. The van der Waals surface area contributed by atoms with E-state index in [4.69, 9.17) is 5.11 Å². The largest absolute Gasteiger partial charge is 0.396 e. The average molecular weight is 224 g/mol. The van der Waals surface area contributed by atoms with E-state index < -0.39 is 0 Å². The second kappa shape index (κ2) is 4.94. The Hall–Kier alpha value is -0.610. The van der Waals surface area contributed by atoms with Gasteiger partial charge in [-0.25, -0.2) is 9.97 Å². The van der Waals surface area contributed by atoms with Crippen LogP contribution in [0.1, 0.15) is 29.2 Å². The topological polar surface area (TPSA) is 46.0 Å². The van der Waals surface area contributed by atoms with Crippen LogP contribution in [0.2, 0.25) is 0 Å². The van der Waals surface area contributed by atoms with Gasteiger partial charge in [-0.15, -0.1) is 0 Å². The van der Waals surface area contributed by atoms with E-state index >= 15 is 0 Å². The van der Waals surface area contributed by atoms with Crippen molar-refractivity contribution in [3.05, 3.63) is 22.8 Å². The van der Waals surface area contributed by atoms with Gasteiger partial charge in [0.2, 0.25) is 0 Å². The normalized spacial score (nSPS) is 15.1. The predicted octanol–water partition coefficient (Wildman–Crippen LogP) is 1.50. The zero-order valence-corrected chi connectivity index (χ0v) is 9.81. The van der Waals surface area contributed by atoms with E-state index in [1.807, 2.05) is 11.8 Å². The summed E-state index contributed by atoms with van der Waals surface area (Å²) in [5, 5.41) is 8.78. The molecule has 1 aromatic rings. The first-order valence-corrected chi connectivity index (χ1v) is 6.50. The smallest absolute Gasteiger partial charge is 0.128 e. The second-order valence-electron chi connectivity index (χ2n) is 3.78. The van der Waals surface area contributed by atoms with E-state index in [9.17, 15) is 0 Å². The van der Waals surface area contributed by atoms with Crippen molar-refractivity contribution in [1.29, 1.82) is 0 Å². The van der Waals surface area contributed by atoms with E-state index in [1.165, 1.54) is 17.0 Å². The molecular weight excluding hydrogens is 208 g/mol. The molecule has 1 aromatic heterocycles. The average Bonchev–Trinajstić information content (AvgIpc) is 2.26. The number of nitrogens with zero attached hydrogens (tertiary/aromatic N) is 2. The summed E-state index contributed by atoms with van der Waals surface area (Å²) in [6.45, 7) is 2.28. The van der Waals surface area contributed by atoms with Gasteiger partial charge in [0.1, 0.15) is 5.82 Å². The van der Waals surface area contributed by atoms with Crippen molar-refractivity contribution in [1.82, 2.24) is 9.97 Å². The number of fused-ring (bicyclic) bond motifs is 1. The van der Waals surface area contributed by atoms with E-state index in [1.54, 1.807) is 0 Å². The van der Waals surface area contributed by atoms with Crippen molar-refractivity contribution in [2.45, 2.75) is 31.9 Å². The van der Waals surface area contributed by atoms with Crippen molar-refractivity contribution >= 4 is 11.8 Å². The molecule has 1 N–H and O–H groups in total. The van der Waals surface area contributed by atoms with Crippen LogP contribution >= 0.6 is 11.8 Å². The van der Waals surface area contributed by atoms with Crippen molar-refractivity contribution in [3.8, 4) is 0 Å². The molecule has 0 saturated carbocycles. The minimum Gasteiger partial charge on any atom is -0.396 e. The SMILES string of the molecule is Cc1nc(CCCO)nc2c1CCSC2. The maximum atomic E-state index is 8.78. The van der Waals surface area contributed by atoms with Gasteiger partial charge in [-0.3, -0.25) is 0 Å². The fraction of sp³-hybridized carbons (Fsp3) is 0.636. The van der Waals surface area contributed by atoms with Crippen LogP contribution in [0.4, 0.5) is 0 Å². The number of thioether (sulfide) groups is 1. The van der Waals surface area contributed by atoms with E-state index in [0.29, 0.717) is 0 Å². The minimum absolute atomic E-state index is 0.217. The first-order chi connectivity index (χ1) is 7.31. The Morgan fingerprint density at radius 2 is 2.27 bits per heavy atom. The number of aryl methyl sites for hydroxylation is 2. The molecule has 0 bridgehead atoms. The number of aliphatic hydroxyl groups excluding tert-OH is 1. The van der Waals surface area contributed by atoms with Gasteiger partial charge in [0.05, 0.1) is 5.69 Å². The minimum atomic E-state index is 0.217. The molecule has 0 amide bonds. The van der Waals surface area contributed by atoms with Gasteiger partial charge < -0.3 is 5.11 Å². The molecule has 0 radical (unpaired) electrons. The maximum Gasteiger partial charge on any atom is 0.128 e. The summed E-state index contributed by atoms with van der Waals surface area (Å²) in [6.07, 6.45) is 2.65. The monoisotopic (exact) mass is 224 g/mol. The Balaban J connectivity index is 2.24. The van der Waals surface area contributed by atoms with Gasteiger partial charge in [-0.2, -0.15) is 11.8 Å². The molecule has 15 heavy (non-hydrogen) atoms. The van der Waals surface area contributed by atoms with Gasteiger partial charge >= 0.3 is 0 Å². The lowest BCUT2D eigenvalue weighted by Crippen LogP contribution is -2.12. The Kier molecular flexibility index (Phi) is 3.59. The van der Waals surface area contributed by atoms with Crippen LogP contribution in [-0.4, -0.2) is 27.4 Å². The van der Waals surface area contributed by atoms with Gasteiger partial charge in [-0.1, -0.05) is 0 Å². The van der Waals surface area contributed by atoms with E-state index in [2.05, 4.69) is 16.9 Å². The predicted molar refractivity (Wildman–Crippen MR) is 62.0 cm³/mol. The highest BCUT2D eigenvalue weighted by molar-refractivity contribution is 7.98. The summed E-state index contributed by atoms with van der Waals surface area (Å²) in [6, 6.07) is 0. The van der Waals surface area contributed by atoms with Crippen LogP contribution in [0, 0.1) is 6.92 Å². The van der Waals surface area contributed by atoms with Crippen LogP contribution in [-0.2, 0) is 18.6 Å². The summed E-state index contributed by atoms with van der Waals surface area (Å²) >= 11 is 1.94. The van der Waals surface area contributed by atoms with E-state index in [0.717, 1.165) is 36.5 Å².